The van der Waals surface area contributed by atoms with Crippen molar-refractivity contribution in [3.05, 3.63) is 35.0 Å². The van der Waals surface area contributed by atoms with Gasteiger partial charge < -0.3 is 14.2 Å². The summed E-state index contributed by atoms with van der Waals surface area (Å²) in [4.78, 5) is 31.9. The average molecular weight is 404 g/mol. The van der Waals surface area contributed by atoms with Gasteiger partial charge in [0.25, 0.3) is 0 Å². The van der Waals surface area contributed by atoms with Gasteiger partial charge in [-0.3, -0.25) is 9.69 Å². The van der Waals surface area contributed by atoms with Crippen LogP contribution in [0.3, 0.4) is 0 Å². The van der Waals surface area contributed by atoms with Crippen LogP contribution in [0, 0.1) is 0 Å². The number of rotatable bonds is 5. The van der Waals surface area contributed by atoms with Gasteiger partial charge in [-0.2, -0.15) is 0 Å². The number of aliphatic imine (C=N–C) groups is 1. The molecule has 8 heteroatoms. The van der Waals surface area contributed by atoms with Gasteiger partial charge in [-0.05, 0) is 45.4 Å². The summed E-state index contributed by atoms with van der Waals surface area (Å²) in [6.45, 7) is 7.18. The van der Waals surface area contributed by atoms with Crippen LogP contribution in [0.15, 0.2) is 34.5 Å². The van der Waals surface area contributed by atoms with E-state index in [0.29, 0.717) is 27.9 Å². The van der Waals surface area contributed by atoms with Gasteiger partial charge in [-0.15, -0.1) is 0 Å². The maximum Gasteiger partial charge on any atom is 0.338 e. The molecule has 0 aliphatic carbocycles. The van der Waals surface area contributed by atoms with Crippen molar-refractivity contribution in [2.75, 3.05) is 14.2 Å². The van der Waals surface area contributed by atoms with Crippen molar-refractivity contribution in [3.63, 3.8) is 0 Å². The number of methoxy groups -OCH3 is 2. The monoisotopic (exact) mass is 404 g/mol. The Morgan fingerprint density at radius 2 is 1.89 bits per heavy atom. The second-order valence-electron chi connectivity index (χ2n) is 6.83. The maximum absolute atomic E-state index is 12.9. The number of carbonyl (C=O) groups is 2. The number of ether oxygens (including phenoxy) is 3. The Bertz CT molecular complexity index is 877. The van der Waals surface area contributed by atoms with Crippen molar-refractivity contribution in [3.8, 4) is 11.5 Å². The van der Waals surface area contributed by atoms with Crippen molar-refractivity contribution in [1.29, 1.82) is 0 Å². The molecule has 0 radical (unpaired) electrons. The maximum atomic E-state index is 12.9. The smallest absolute Gasteiger partial charge is 0.338 e. The molecule has 2 aliphatic heterocycles. The summed E-state index contributed by atoms with van der Waals surface area (Å²) in [5.74, 6) is 0.516. The van der Waals surface area contributed by atoms with E-state index in [2.05, 4.69) is 4.99 Å². The Morgan fingerprint density at radius 3 is 2.50 bits per heavy atom. The zero-order valence-corrected chi connectivity index (χ0v) is 17.6. The van der Waals surface area contributed by atoms with Gasteiger partial charge in [0.1, 0.15) is 0 Å². The minimum absolute atomic E-state index is 0.0918. The molecule has 0 spiro atoms. The van der Waals surface area contributed by atoms with E-state index >= 15 is 0 Å². The highest BCUT2D eigenvalue weighted by Crippen LogP contribution is 2.44. The number of fused-ring (bicyclic) bond motifs is 1. The molecule has 2 heterocycles. The van der Waals surface area contributed by atoms with Crippen LogP contribution in [0.1, 0.15) is 39.3 Å². The molecule has 0 aromatic heterocycles. The van der Waals surface area contributed by atoms with Gasteiger partial charge in [-0.1, -0.05) is 17.8 Å². The first-order chi connectivity index (χ1) is 13.3. The normalized spacial score (nSPS) is 21.6. The molecule has 0 unspecified atom stereocenters. The van der Waals surface area contributed by atoms with Crippen LogP contribution in [0.25, 0.3) is 0 Å². The van der Waals surface area contributed by atoms with Crippen molar-refractivity contribution in [1.82, 2.24) is 4.90 Å². The average Bonchev–Trinajstić information content (AvgIpc) is 2.92. The molecule has 7 nitrogen and oxygen atoms in total. The highest BCUT2D eigenvalue weighted by atomic mass is 32.2. The van der Waals surface area contributed by atoms with Gasteiger partial charge in [0.2, 0.25) is 5.91 Å². The molecule has 1 aromatic carbocycles. The Morgan fingerprint density at radius 1 is 1.21 bits per heavy atom. The fraction of sp³-hybridized carbons (Fsp3) is 0.450. The molecule has 28 heavy (non-hydrogen) atoms. The summed E-state index contributed by atoms with van der Waals surface area (Å²) in [5.41, 5.74) is 1.63. The lowest BCUT2D eigenvalue weighted by atomic mass is 9.94. The summed E-state index contributed by atoms with van der Waals surface area (Å²) >= 11 is 1.39. The van der Waals surface area contributed by atoms with E-state index in [1.165, 1.54) is 11.8 Å². The van der Waals surface area contributed by atoms with Gasteiger partial charge in [0, 0.05) is 0 Å². The first-order valence-corrected chi connectivity index (χ1v) is 9.88. The molecule has 1 amide bonds. The van der Waals surface area contributed by atoms with Crippen molar-refractivity contribution >= 4 is 28.8 Å². The fourth-order valence-corrected chi connectivity index (χ4v) is 4.31. The van der Waals surface area contributed by atoms with E-state index in [4.69, 9.17) is 14.2 Å². The van der Waals surface area contributed by atoms with E-state index in [-0.39, 0.29) is 17.3 Å². The van der Waals surface area contributed by atoms with Gasteiger partial charge in [0.05, 0.1) is 42.9 Å². The van der Waals surface area contributed by atoms with Crippen LogP contribution in [-0.4, -0.2) is 47.5 Å². The van der Waals surface area contributed by atoms with Crippen LogP contribution in [0.4, 0.5) is 0 Å². The molecule has 2 aliphatic rings. The molecule has 3 rings (SSSR count). The number of esters is 1. The Hall–Kier alpha value is -2.48. The van der Waals surface area contributed by atoms with Crippen molar-refractivity contribution in [2.24, 2.45) is 4.99 Å². The van der Waals surface area contributed by atoms with E-state index in [1.54, 1.807) is 52.0 Å². The lowest BCUT2D eigenvalue weighted by Crippen LogP contribution is -2.40. The van der Waals surface area contributed by atoms with Crippen LogP contribution in [0.5, 0.6) is 11.5 Å². The van der Waals surface area contributed by atoms with E-state index < -0.39 is 12.0 Å². The van der Waals surface area contributed by atoms with Gasteiger partial charge in [-0.25, -0.2) is 9.79 Å². The number of amidine groups is 1. The third-order valence-electron chi connectivity index (χ3n) is 4.54. The third-order valence-corrected chi connectivity index (χ3v) is 5.60. The number of nitrogens with zero attached hydrogens (tertiary/aromatic N) is 2. The molecule has 0 saturated carbocycles. The molecule has 150 valence electrons. The topological polar surface area (TPSA) is 77.4 Å². The summed E-state index contributed by atoms with van der Waals surface area (Å²) in [6.07, 6.45) is -0.285. The number of benzene rings is 1. The Kier molecular flexibility index (Phi) is 5.69. The lowest BCUT2D eigenvalue weighted by molar-refractivity contribution is -0.143. The molecular weight excluding hydrogens is 380 g/mol. The first kappa shape index (κ1) is 20.3. The fourth-order valence-electron chi connectivity index (χ4n) is 3.28. The predicted octanol–water partition coefficient (Wildman–Crippen LogP) is 3.30. The standard InChI is InChI=1S/C20H24N2O5S/c1-10(2)27-19(24)16-11(3)21-20-22(18(23)12(4)28-20)17(16)13-7-8-14(25-5)15(9-13)26-6/h7-10,12,17H,1-6H3/t12-,17+/m0/s1. The number of hydrogen-bond acceptors (Lipinski definition) is 7. The van der Waals surface area contributed by atoms with E-state index in [1.807, 2.05) is 13.0 Å². The van der Waals surface area contributed by atoms with E-state index in [0.717, 1.165) is 5.56 Å². The largest absolute Gasteiger partial charge is 0.493 e. The number of hydrogen-bond donors (Lipinski definition) is 0. The number of carbonyl (C=O) groups excluding carboxylic acids is 2. The number of allylic oxidation sites excluding steroid dienone is 1. The van der Waals surface area contributed by atoms with Gasteiger partial charge >= 0.3 is 5.97 Å². The summed E-state index contributed by atoms with van der Waals surface area (Å²) in [7, 11) is 3.10. The first-order valence-electron chi connectivity index (χ1n) is 9.00. The number of thioether (sulfide) groups is 1. The van der Waals surface area contributed by atoms with Crippen LogP contribution in [0.2, 0.25) is 0 Å². The van der Waals surface area contributed by atoms with Crippen LogP contribution < -0.4 is 9.47 Å². The zero-order valence-electron chi connectivity index (χ0n) is 16.8. The van der Waals surface area contributed by atoms with Crippen LogP contribution >= 0.6 is 11.8 Å². The summed E-state index contributed by atoms with van der Waals surface area (Å²) in [5, 5.41) is 0.325. The molecule has 2 atom stereocenters. The molecule has 1 saturated heterocycles. The van der Waals surface area contributed by atoms with Crippen molar-refractivity contribution < 1.29 is 23.8 Å². The molecule has 0 bridgehead atoms. The highest BCUT2D eigenvalue weighted by Gasteiger charge is 2.46. The third kappa shape index (κ3) is 3.48. The lowest BCUT2D eigenvalue weighted by Gasteiger charge is -2.33. The molecule has 1 aromatic rings. The van der Waals surface area contributed by atoms with Gasteiger partial charge in [0.15, 0.2) is 16.7 Å². The zero-order chi connectivity index (χ0) is 20.6. The van der Waals surface area contributed by atoms with Crippen molar-refractivity contribution in [2.45, 2.75) is 45.1 Å². The molecular formula is C20H24N2O5S. The van der Waals surface area contributed by atoms with E-state index in [9.17, 15) is 9.59 Å². The second kappa shape index (κ2) is 7.87. The SMILES string of the molecule is COc1ccc([C@@H]2C(C(=O)OC(C)C)=C(C)N=C3S[C@@H](C)C(=O)N32)cc1OC. The Labute approximate surface area is 168 Å². The minimum atomic E-state index is -0.636. The summed E-state index contributed by atoms with van der Waals surface area (Å²) in [6, 6.07) is 4.73. The Balaban J connectivity index is 2.16. The quantitative estimate of drug-likeness (QED) is 0.701. The second-order valence-corrected chi connectivity index (χ2v) is 8.14. The molecule has 0 N–H and O–H groups in total. The minimum Gasteiger partial charge on any atom is -0.493 e. The highest BCUT2D eigenvalue weighted by molar-refractivity contribution is 8.15. The number of amides is 1. The van der Waals surface area contributed by atoms with Crippen LogP contribution in [-0.2, 0) is 14.3 Å². The predicted molar refractivity (Wildman–Crippen MR) is 108 cm³/mol. The molecule has 1 fully saturated rings. The summed E-state index contributed by atoms with van der Waals surface area (Å²) < 4.78 is 16.2.